The van der Waals surface area contributed by atoms with Crippen LogP contribution >= 0.6 is 0 Å². The zero-order valence-corrected chi connectivity index (χ0v) is 23.6. The van der Waals surface area contributed by atoms with Gasteiger partial charge in [-0.15, -0.1) is 0 Å². The molecule has 0 aliphatic heterocycles. The Bertz CT molecular complexity index is 1070. The summed E-state index contributed by atoms with van der Waals surface area (Å²) >= 11 is 0. The van der Waals surface area contributed by atoms with Crippen LogP contribution in [0.25, 0.3) is 11.1 Å². The maximum absolute atomic E-state index is 12.8. The molecule has 0 saturated carbocycles. The van der Waals surface area contributed by atoms with Gasteiger partial charge in [-0.05, 0) is 61.5 Å². The summed E-state index contributed by atoms with van der Waals surface area (Å²) in [5, 5.41) is 12.1. The van der Waals surface area contributed by atoms with Gasteiger partial charge >= 0.3 is 12.1 Å². The van der Waals surface area contributed by atoms with Gasteiger partial charge in [0.05, 0.1) is 19.8 Å². The molecule has 224 valence electrons. The third-order valence-corrected chi connectivity index (χ3v) is 6.69. The monoisotopic (exact) mass is 571 g/mol. The number of aliphatic hydroxyl groups is 1. The minimum absolute atomic E-state index is 0.0256. The third kappa shape index (κ3) is 10.1. The summed E-state index contributed by atoms with van der Waals surface area (Å²) in [4.78, 5) is 37.8. The van der Waals surface area contributed by atoms with Crippen molar-refractivity contribution in [2.75, 3.05) is 59.8 Å². The molecule has 3 rings (SSSR count). The highest BCUT2D eigenvalue weighted by Gasteiger charge is 2.30. The van der Waals surface area contributed by atoms with E-state index in [-0.39, 0.29) is 38.8 Å². The number of hydrogen-bond donors (Lipinski definition) is 4. The Balaban J connectivity index is 1.41. The molecule has 1 unspecified atom stereocenters. The SMILES string of the molecule is CNCCCOCCOCCOC(=O)C(CCCCO)C(=O)NNC(=O)OCC1c2ccccc2-c2ccccc21. The highest BCUT2D eigenvalue weighted by atomic mass is 16.6. The minimum Gasteiger partial charge on any atom is -0.463 e. The quantitative estimate of drug-likeness (QED) is 0.0918. The zero-order chi connectivity index (χ0) is 29.3. The number of carbonyl (C=O) groups is 3. The molecule has 2 aromatic rings. The predicted molar refractivity (Wildman–Crippen MR) is 152 cm³/mol. The first-order valence-corrected chi connectivity index (χ1v) is 14.0. The number of carbonyl (C=O) groups excluding carboxylic acids is 3. The van der Waals surface area contributed by atoms with Gasteiger partial charge in [-0.2, -0.15) is 0 Å². The number of unbranched alkanes of at least 4 members (excludes halogenated alkanes) is 1. The first-order chi connectivity index (χ1) is 20.1. The molecule has 0 fully saturated rings. The van der Waals surface area contributed by atoms with Crippen molar-refractivity contribution in [3.8, 4) is 11.1 Å². The fourth-order valence-corrected chi connectivity index (χ4v) is 4.63. The van der Waals surface area contributed by atoms with E-state index in [4.69, 9.17) is 24.1 Å². The number of benzene rings is 2. The fraction of sp³-hybridized carbons (Fsp3) is 0.500. The molecular weight excluding hydrogens is 530 g/mol. The predicted octanol–water partition coefficient (Wildman–Crippen LogP) is 2.52. The second-order valence-corrected chi connectivity index (χ2v) is 9.56. The Hall–Kier alpha value is -3.51. The first-order valence-electron chi connectivity index (χ1n) is 14.0. The molecule has 2 aromatic carbocycles. The molecule has 4 N–H and O–H groups in total. The Morgan fingerprint density at radius 2 is 1.44 bits per heavy atom. The van der Waals surface area contributed by atoms with E-state index in [1.165, 1.54) is 0 Å². The number of nitrogens with one attached hydrogen (secondary N) is 3. The van der Waals surface area contributed by atoms with Crippen LogP contribution in [-0.4, -0.2) is 82.9 Å². The molecule has 41 heavy (non-hydrogen) atoms. The topological polar surface area (TPSA) is 144 Å². The lowest BCUT2D eigenvalue weighted by molar-refractivity contribution is -0.154. The van der Waals surface area contributed by atoms with Gasteiger partial charge in [0, 0.05) is 19.1 Å². The van der Waals surface area contributed by atoms with E-state index in [0.717, 1.165) is 35.2 Å². The number of hydrogen-bond acceptors (Lipinski definition) is 9. The standard InChI is InChI=1S/C30H41N3O8/c1-31-14-8-16-38-17-18-39-19-20-40-29(36)26(13-6-7-15-34)28(35)32-33-30(37)41-21-27-24-11-4-2-9-22(24)23-10-3-5-12-25(23)27/h2-5,9-12,26-27,31,34H,6-8,13-21H2,1H3,(H,32,35)(H,33,37). The maximum Gasteiger partial charge on any atom is 0.426 e. The van der Waals surface area contributed by atoms with Crippen LogP contribution in [0.4, 0.5) is 4.79 Å². The van der Waals surface area contributed by atoms with Crippen LogP contribution in [-0.2, 0) is 28.5 Å². The van der Waals surface area contributed by atoms with E-state index in [1.807, 2.05) is 55.6 Å². The summed E-state index contributed by atoms with van der Waals surface area (Å²) in [7, 11) is 1.88. The average Bonchev–Trinajstić information content (AvgIpc) is 3.31. The van der Waals surface area contributed by atoms with Crippen LogP contribution in [0.1, 0.15) is 42.7 Å². The first kappa shape index (κ1) is 32.0. The average molecular weight is 572 g/mol. The van der Waals surface area contributed by atoms with Gasteiger partial charge in [-0.25, -0.2) is 10.2 Å². The fourth-order valence-electron chi connectivity index (χ4n) is 4.63. The van der Waals surface area contributed by atoms with E-state index in [2.05, 4.69) is 16.2 Å². The van der Waals surface area contributed by atoms with Crippen molar-refractivity contribution >= 4 is 18.0 Å². The van der Waals surface area contributed by atoms with Crippen molar-refractivity contribution < 1.29 is 38.4 Å². The van der Waals surface area contributed by atoms with Crippen molar-refractivity contribution in [2.45, 2.75) is 31.6 Å². The van der Waals surface area contributed by atoms with Crippen molar-refractivity contribution in [1.29, 1.82) is 0 Å². The molecule has 0 aromatic heterocycles. The molecule has 0 spiro atoms. The highest BCUT2D eigenvalue weighted by Crippen LogP contribution is 2.44. The lowest BCUT2D eigenvalue weighted by Gasteiger charge is -2.17. The van der Waals surface area contributed by atoms with Crippen molar-refractivity contribution in [3.63, 3.8) is 0 Å². The molecule has 1 aliphatic rings. The van der Waals surface area contributed by atoms with Gasteiger partial charge in [0.1, 0.15) is 19.1 Å². The Labute approximate surface area is 240 Å². The van der Waals surface area contributed by atoms with Crippen LogP contribution in [0.2, 0.25) is 0 Å². The smallest absolute Gasteiger partial charge is 0.426 e. The van der Waals surface area contributed by atoms with E-state index in [9.17, 15) is 14.4 Å². The van der Waals surface area contributed by atoms with Crippen LogP contribution in [0, 0.1) is 5.92 Å². The molecule has 0 bridgehead atoms. The summed E-state index contributed by atoms with van der Waals surface area (Å²) in [6.45, 7) is 2.47. The third-order valence-electron chi connectivity index (χ3n) is 6.69. The number of rotatable bonds is 18. The lowest BCUT2D eigenvalue weighted by atomic mass is 9.98. The van der Waals surface area contributed by atoms with Gasteiger partial charge in [0.25, 0.3) is 5.91 Å². The summed E-state index contributed by atoms with van der Waals surface area (Å²) in [5.74, 6) is -2.75. The largest absolute Gasteiger partial charge is 0.463 e. The van der Waals surface area contributed by atoms with Gasteiger partial charge < -0.3 is 29.4 Å². The summed E-state index contributed by atoms with van der Waals surface area (Å²) in [6.07, 6.45) is 1.07. The summed E-state index contributed by atoms with van der Waals surface area (Å²) in [5.41, 5.74) is 8.84. The molecule has 1 atom stereocenters. The van der Waals surface area contributed by atoms with Crippen LogP contribution < -0.4 is 16.2 Å². The molecule has 1 aliphatic carbocycles. The van der Waals surface area contributed by atoms with Gasteiger partial charge in [0.15, 0.2) is 0 Å². The second-order valence-electron chi connectivity index (χ2n) is 9.56. The summed E-state index contributed by atoms with van der Waals surface area (Å²) < 4.78 is 21.5. The van der Waals surface area contributed by atoms with Crippen LogP contribution in [0.3, 0.4) is 0 Å². The van der Waals surface area contributed by atoms with Crippen LogP contribution in [0.15, 0.2) is 48.5 Å². The molecule has 0 heterocycles. The van der Waals surface area contributed by atoms with Crippen molar-refractivity contribution in [3.05, 3.63) is 59.7 Å². The number of fused-ring (bicyclic) bond motifs is 3. The highest BCUT2D eigenvalue weighted by molar-refractivity contribution is 5.98. The molecular formula is C30H41N3O8. The van der Waals surface area contributed by atoms with Crippen LogP contribution in [0.5, 0.6) is 0 Å². The number of ether oxygens (including phenoxy) is 4. The molecule has 2 amide bonds. The van der Waals surface area contributed by atoms with Gasteiger partial charge in [-0.3, -0.25) is 15.0 Å². The van der Waals surface area contributed by atoms with E-state index >= 15 is 0 Å². The van der Waals surface area contributed by atoms with Gasteiger partial charge in [-0.1, -0.05) is 48.5 Å². The Morgan fingerprint density at radius 3 is 2.10 bits per heavy atom. The van der Waals surface area contributed by atoms with Gasteiger partial charge in [0.2, 0.25) is 0 Å². The minimum atomic E-state index is -1.16. The molecule has 11 heteroatoms. The normalized spacial score (nSPS) is 12.7. The zero-order valence-electron chi connectivity index (χ0n) is 23.6. The van der Waals surface area contributed by atoms with E-state index in [0.29, 0.717) is 32.7 Å². The number of amides is 2. The second kappa shape index (κ2) is 18.0. The maximum atomic E-state index is 12.8. The number of esters is 1. The van der Waals surface area contributed by atoms with Crippen molar-refractivity contribution in [1.82, 2.24) is 16.2 Å². The van der Waals surface area contributed by atoms with E-state index < -0.39 is 23.9 Å². The number of hydrazine groups is 1. The molecule has 0 radical (unpaired) electrons. The molecule has 11 nitrogen and oxygen atoms in total. The number of aliphatic hydroxyl groups excluding tert-OH is 1. The Kier molecular flexibility index (Phi) is 14.1. The summed E-state index contributed by atoms with van der Waals surface area (Å²) in [6, 6.07) is 15.9. The van der Waals surface area contributed by atoms with E-state index in [1.54, 1.807) is 0 Å². The lowest BCUT2D eigenvalue weighted by Crippen LogP contribution is -2.47. The van der Waals surface area contributed by atoms with Crippen molar-refractivity contribution in [2.24, 2.45) is 5.92 Å². The molecule has 0 saturated heterocycles. The Morgan fingerprint density at radius 1 is 0.805 bits per heavy atom.